The van der Waals surface area contributed by atoms with E-state index >= 15 is 0 Å². The van der Waals surface area contributed by atoms with E-state index < -0.39 is 0 Å². The van der Waals surface area contributed by atoms with E-state index in [-0.39, 0.29) is 5.91 Å². The standard InChI is InChI=1S/C15H27N3OS/c1-5-13-11(4)20-15(17-13)18-14(19)7-6-12(8-9-16)10(2)3/h10,12H,5-9,16H2,1-4H3,(H,17,18,19). The van der Waals surface area contributed by atoms with Crippen molar-refractivity contribution in [3.8, 4) is 0 Å². The lowest BCUT2D eigenvalue weighted by Crippen LogP contribution is -2.18. The number of hydrogen-bond acceptors (Lipinski definition) is 4. The molecule has 5 heteroatoms. The van der Waals surface area contributed by atoms with Gasteiger partial charge in [-0.3, -0.25) is 4.79 Å². The number of nitrogens with one attached hydrogen (secondary N) is 1. The average molecular weight is 297 g/mol. The molecule has 0 fully saturated rings. The minimum Gasteiger partial charge on any atom is -0.330 e. The summed E-state index contributed by atoms with van der Waals surface area (Å²) in [6.45, 7) is 9.19. The van der Waals surface area contributed by atoms with Gasteiger partial charge in [0.05, 0.1) is 5.69 Å². The first-order valence-corrected chi connectivity index (χ1v) is 8.25. The van der Waals surface area contributed by atoms with Gasteiger partial charge in [-0.1, -0.05) is 20.8 Å². The first-order chi connectivity index (χ1) is 9.47. The van der Waals surface area contributed by atoms with Crippen LogP contribution in [-0.4, -0.2) is 17.4 Å². The van der Waals surface area contributed by atoms with Gasteiger partial charge in [0.2, 0.25) is 5.91 Å². The van der Waals surface area contributed by atoms with Gasteiger partial charge in [-0.25, -0.2) is 4.98 Å². The summed E-state index contributed by atoms with van der Waals surface area (Å²) in [6.07, 6.45) is 3.33. The second kappa shape index (κ2) is 8.37. The third-order valence-corrected chi connectivity index (χ3v) is 4.62. The van der Waals surface area contributed by atoms with Crippen LogP contribution in [0.2, 0.25) is 0 Å². The number of nitrogens with two attached hydrogens (primary N) is 1. The zero-order valence-corrected chi connectivity index (χ0v) is 13.8. The third-order valence-electron chi connectivity index (χ3n) is 3.70. The molecule has 0 saturated carbocycles. The van der Waals surface area contributed by atoms with Crippen LogP contribution < -0.4 is 11.1 Å². The van der Waals surface area contributed by atoms with Crippen molar-refractivity contribution in [3.63, 3.8) is 0 Å². The van der Waals surface area contributed by atoms with Crippen LogP contribution in [0.5, 0.6) is 0 Å². The minimum atomic E-state index is 0.0593. The number of amides is 1. The quantitative estimate of drug-likeness (QED) is 0.773. The Labute approximate surface area is 126 Å². The molecule has 1 amide bonds. The topological polar surface area (TPSA) is 68.0 Å². The Hall–Kier alpha value is -0.940. The highest BCUT2D eigenvalue weighted by molar-refractivity contribution is 7.15. The molecule has 1 aromatic rings. The maximum absolute atomic E-state index is 12.0. The van der Waals surface area contributed by atoms with E-state index in [9.17, 15) is 4.79 Å². The maximum Gasteiger partial charge on any atom is 0.226 e. The number of aryl methyl sites for hydroxylation is 2. The van der Waals surface area contributed by atoms with Crippen LogP contribution in [0.15, 0.2) is 0 Å². The molecule has 1 aromatic heterocycles. The summed E-state index contributed by atoms with van der Waals surface area (Å²) >= 11 is 1.56. The van der Waals surface area contributed by atoms with E-state index in [1.807, 2.05) is 6.92 Å². The molecule has 114 valence electrons. The van der Waals surface area contributed by atoms with Crippen molar-refractivity contribution in [2.24, 2.45) is 17.6 Å². The fourth-order valence-electron chi connectivity index (χ4n) is 2.33. The number of thiazole rings is 1. The van der Waals surface area contributed by atoms with E-state index in [0.717, 1.165) is 30.1 Å². The third kappa shape index (κ3) is 5.21. The van der Waals surface area contributed by atoms with Crippen LogP contribution in [0.3, 0.4) is 0 Å². The molecule has 1 unspecified atom stereocenters. The Balaban J connectivity index is 2.46. The number of anilines is 1. The first kappa shape index (κ1) is 17.1. The number of carbonyl (C=O) groups excluding carboxylic acids is 1. The highest BCUT2D eigenvalue weighted by atomic mass is 32.1. The van der Waals surface area contributed by atoms with Crippen molar-refractivity contribution in [2.45, 2.75) is 53.4 Å². The predicted molar refractivity (Wildman–Crippen MR) is 86.1 cm³/mol. The highest BCUT2D eigenvalue weighted by Gasteiger charge is 2.15. The lowest BCUT2D eigenvalue weighted by molar-refractivity contribution is -0.116. The zero-order valence-electron chi connectivity index (χ0n) is 13.0. The van der Waals surface area contributed by atoms with Crippen LogP contribution in [0.25, 0.3) is 0 Å². The van der Waals surface area contributed by atoms with Crippen molar-refractivity contribution >= 4 is 22.4 Å². The number of carbonyl (C=O) groups is 1. The van der Waals surface area contributed by atoms with Crippen LogP contribution in [0.4, 0.5) is 5.13 Å². The molecule has 4 nitrogen and oxygen atoms in total. The van der Waals surface area contributed by atoms with Gasteiger partial charge in [-0.2, -0.15) is 0 Å². The van der Waals surface area contributed by atoms with Gasteiger partial charge in [-0.05, 0) is 44.6 Å². The molecular formula is C15H27N3OS. The molecule has 0 aliphatic heterocycles. The Morgan fingerprint density at radius 1 is 1.40 bits per heavy atom. The van der Waals surface area contributed by atoms with Crippen molar-refractivity contribution in [1.82, 2.24) is 4.98 Å². The summed E-state index contributed by atoms with van der Waals surface area (Å²) in [4.78, 5) is 17.6. The van der Waals surface area contributed by atoms with E-state index in [0.29, 0.717) is 24.8 Å². The van der Waals surface area contributed by atoms with Crippen LogP contribution in [0, 0.1) is 18.8 Å². The van der Waals surface area contributed by atoms with Gasteiger partial charge in [0.1, 0.15) is 0 Å². The molecular weight excluding hydrogens is 270 g/mol. The summed E-state index contributed by atoms with van der Waals surface area (Å²) in [6, 6.07) is 0. The van der Waals surface area contributed by atoms with E-state index in [2.05, 4.69) is 31.1 Å². The molecule has 1 heterocycles. The zero-order chi connectivity index (χ0) is 15.1. The fourth-order valence-corrected chi connectivity index (χ4v) is 3.25. The number of hydrogen-bond donors (Lipinski definition) is 2. The van der Waals surface area contributed by atoms with Gasteiger partial charge in [-0.15, -0.1) is 11.3 Å². The Morgan fingerprint density at radius 3 is 2.60 bits per heavy atom. The van der Waals surface area contributed by atoms with Crippen molar-refractivity contribution in [1.29, 1.82) is 0 Å². The number of nitrogens with zero attached hydrogens (tertiary/aromatic N) is 1. The van der Waals surface area contributed by atoms with Crippen molar-refractivity contribution in [2.75, 3.05) is 11.9 Å². The summed E-state index contributed by atoms with van der Waals surface area (Å²) in [5.41, 5.74) is 6.70. The van der Waals surface area contributed by atoms with E-state index in [4.69, 9.17) is 5.73 Å². The van der Waals surface area contributed by atoms with Gasteiger partial charge in [0, 0.05) is 11.3 Å². The second-order valence-electron chi connectivity index (χ2n) is 5.54. The molecule has 1 rings (SSSR count). The smallest absolute Gasteiger partial charge is 0.226 e. The molecule has 0 aromatic carbocycles. The molecule has 0 spiro atoms. The molecule has 0 bridgehead atoms. The normalized spacial score (nSPS) is 12.7. The molecule has 0 aliphatic rings. The van der Waals surface area contributed by atoms with Gasteiger partial charge in [0.25, 0.3) is 0 Å². The highest BCUT2D eigenvalue weighted by Crippen LogP contribution is 2.24. The minimum absolute atomic E-state index is 0.0593. The Bertz CT molecular complexity index is 429. The molecule has 0 radical (unpaired) electrons. The monoisotopic (exact) mass is 297 g/mol. The largest absolute Gasteiger partial charge is 0.330 e. The summed E-state index contributed by atoms with van der Waals surface area (Å²) in [5, 5.41) is 3.64. The summed E-state index contributed by atoms with van der Waals surface area (Å²) < 4.78 is 0. The SMILES string of the molecule is CCc1nc(NC(=O)CCC(CCN)C(C)C)sc1C. The van der Waals surface area contributed by atoms with Crippen LogP contribution in [-0.2, 0) is 11.2 Å². The summed E-state index contributed by atoms with van der Waals surface area (Å²) in [7, 11) is 0. The average Bonchev–Trinajstić information content (AvgIpc) is 2.74. The second-order valence-corrected chi connectivity index (χ2v) is 6.75. The van der Waals surface area contributed by atoms with Gasteiger partial charge >= 0.3 is 0 Å². The lowest BCUT2D eigenvalue weighted by atomic mass is 9.88. The molecule has 0 aliphatic carbocycles. The Kier molecular flexibility index (Phi) is 7.16. The van der Waals surface area contributed by atoms with Crippen molar-refractivity contribution in [3.05, 3.63) is 10.6 Å². The van der Waals surface area contributed by atoms with Gasteiger partial charge < -0.3 is 11.1 Å². The fraction of sp³-hybridized carbons (Fsp3) is 0.733. The number of rotatable bonds is 8. The first-order valence-electron chi connectivity index (χ1n) is 7.44. The van der Waals surface area contributed by atoms with Gasteiger partial charge in [0.15, 0.2) is 5.13 Å². The number of aromatic nitrogens is 1. The van der Waals surface area contributed by atoms with Crippen LogP contribution >= 0.6 is 11.3 Å². The van der Waals surface area contributed by atoms with Crippen LogP contribution in [0.1, 0.15) is 50.6 Å². The molecule has 0 saturated heterocycles. The molecule has 20 heavy (non-hydrogen) atoms. The van der Waals surface area contributed by atoms with E-state index in [1.54, 1.807) is 11.3 Å². The molecule has 1 atom stereocenters. The maximum atomic E-state index is 12.0. The van der Waals surface area contributed by atoms with Crippen molar-refractivity contribution < 1.29 is 4.79 Å². The molecule has 3 N–H and O–H groups in total. The predicted octanol–water partition coefficient (Wildman–Crippen LogP) is 3.35. The Morgan fingerprint density at radius 2 is 2.10 bits per heavy atom. The lowest BCUT2D eigenvalue weighted by Gasteiger charge is -2.19. The van der Waals surface area contributed by atoms with E-state index in [1.165, 1.54) is 4.88 Å². The summed E-state index contributed by atoms with van der Waals surface area (Å²) in [5.74, 6) is 1.15.